The minimum absolute atomic E-state index is 0.220. The number of benzene rings is 3. The highest BCUT2D eigenvalue weighted by Gasteiger charge is 2.60. The minimum Gasteiger partial charge on any atom is -0.273 e. The van der Waals surface area contributed by atoms with Gasteiger partial charge in [-0.3, -0.25) is 14.4 Å². The maximum atomic E-state index is 13.6. The number of carbonyl (C=O) groups is 2. The second-order valence-corrected chi connectivity index (χ2v) is 8.35. The molecule has 0 aromatic heterocycles. The molecule has 0 bridgehead atoms. The molecule has 2 saturated heterocycles. The molecule has 0 saturated carbocycles. The maximum absolute atomic E-state index is 13.6. The predicted molar refractivity (Wildman–Crippen MR) is 120 cm³/mol. The Morgan fingerprint density at radius 2 is 1.45 bits per heavy atom. The number of fused-ring (bicyclic) bond motifs is 1. The van der Waals surface area contributed by atoms with Gasteiger partial charge in [0.1, 0.15) is 5.92 Å². The van der Waals surface area contributed by atoms with Crippen LogP contribution in [-0.2, 0) is 14.4 Å². The molecule has 0 spiro atoms. The maximum Gasteiger partial charge on any atom is 0.266 e. The number of hydroxylamine groups is 1. The van der Waals surface area contributed by atoms with E-state index >= 15 is 0 Å². The third-order valence-electron chi connectivity index (χ3n) is 6.29. The zero-order chi connectivity index (χ0) is 21.7. The van der Waals surface area contributed by atoms with Gasteiger partial charge in [-0.2, -0.15) is 0 Å². The predicted octanol–water partition coefficient (Wildman–Crippen LogP) is 4.66. The van der Waals surface area contributed by atoms with Crippen LogP contribution >= 0.6 is 0 Å². The standard InChI is InChI=1S/C26H24N2O3/c1-16-9-12-19(13-10-16)23-22-24(31-28(23)20-7-5-4-6-8-20)26(30)27(25(22)29)21-14-11-17(2)18(3)15-21/h4-15,22-24H,1-3H3/t22-,23-,24+/m0/s1. The fourth-order valence-electron chi connectivity index (χ4n) is 4.43. The zero-order valence-electron chi connectivity index (χ0n) is 17.8. The Morgan fingerprint density at radius 3 is 2.13 bits per heavy atom. The van der Waals surface area contributed by atoms with E-state index in [1.54, 1.807) is 5.06 Å². The van der Waals surface area contributed by atoms with Crippen LogP contribution < -0.4 is 9.96 Å². The average Bonchev–Trinajstić information content (AvgIpc) is 3.28. The van der Waals surface area contributed by atoms with Crippen LogP contribution in [0.15, 0.2) is 72.8 Å². The van der Waals surface area contributed by atoms with Crippen molar-refractivity contribution >= 4 is 23.2 Å². The second kappa shape index (κ2) is 7.36. The van der Waals surface area contributed by atoms with Gasteiger partial charge in [-0.1, -0.05) is 54.1 Å². The lowest BCUT2D eigenvalue weighted by Crippen LogP contribution is -2.37. The number of carbonyl (C=O) groups excluding carboxylic acids is 2. The van der Waals surface area contributed by atoms with Gasteiger partial charge in [0.2, 0.25) is 5.91 Å². The summed E-state index contributed by atoms with van der Waals surface area (Å²) in [5.74, 6) is -1.15. The molecular formula is C26H24N2O3. The lowest BCUT2D eigenvalue weighted by atomic mass is 9.90. The van der Waals surface area contributed by atoms with Crippen LogP contribution in [0.4, 0.5) is 11.4 Å². The number of imide groups is 1. The van der Waals surface area contributed by atoms with E-state index in [-0.39, 0.29) is 17.9 Å². The molecule has 2 aliphatic rings. The Morgan fingerprint density at radius 1 is 0.742 bits per heavy atom. The summed E-state index contributed by atoms with van der Waals surface area (Å²) < 4.78 is 0. The molecule has 3 aromatic rings. The van der Waals surface area contributed by atoms with Crippen LogP contribution in [0.2, 0.25) is 0 Å². The first-order chi connectivity index (χ1) is 15.0. The van der Waals surface area contributed by atoms with E-state index in [9.17, 15) is 9.59 Å². The number of hydrogen-bond donors (Lipinski definition) is 0. The molecule has 5 nitrogen and oxygen atoms in total. The normalized spacial score (nSPS) is 22.9. The smallest absolute Gasteiger partial charge is 0.266 e. The van der Waals surface area contributed by atoms with Crippen molar-refractivity contribution in [3.05, 3.63) is 95.1 Å². The number of anilines is 2. The Kier molecular flexibility index (Phi) is 4.63. The fraction of sp³-hybridized carbons (Fsp3) is 0.231. The van der Waals surface area contributed by atoms with Crippen LogP contribution in [0.25, 0.3) is 0 Å². The van der Waals surface area contributed by atoms with Gasteiger partial charge in [-0.05, 0) is 61.7 Å². The van der Waals surface area contributed by atoms with Gasteiger partial charge in [0, 0.05) is 0 Å². The molecule has 3 aromatic carbocycles. The lowest BCUT2D eigenvalue weighted by Gasteiger charge is -2.29. The van der Waals surface area contributed by atoms with Crippen molar-refractivity contribution in [3.8, 4) is 0 Å². The molecule has 3 atom stereocenters. The minimum atomic E-state index is -0.847. The zero-order valence-corrected chi connectivity index (χ0v) is 17.8. The molecular weight excluding hydrogens is 388 g/mol. The van der Waals surface area contributed by atoms with Crippen LogP contribution in [-0.4, -0.2) is 17.9 Å². The van der Waals surface area contributed by atoms with Crippen LogP contribution in [0.3, 0.4) is 0 Å². The third kappa shape index (κ3) is 3.13. The van der Waals surface area contributed by atoms with Gasteiger partial charge >= 0.3 is 0 Å². The molecule has 2 fully saturated rings. The van der Waals surface area contributed by atoms with Crippen LogP contribution in [0.1, 0.15) is 28.3 Å². The van der Waals surface area contributed by atoms with E-state index in [1.165, 1.54) is 4.90 Å². The van der Waals surface area contributed by atoms with Crippen molar-refractivity contribution in [1.82, 2.24) is 0 Å². The van der Waals surface area contributed by atoms with Gasteiger partial charge < -0.3 is 0 Å². The van der Waals surface area contributed by atoms with Crippen molar-refractivity contribution in [2.24, 2.45) is 5.92 Å². The summed E-state index contributed by atoms with van der Waals surface area (Å²) in [6.45, 7) is 6.02. The van der Waals surface area contributed by atoms with Crippen molar-refractivity contribution in [1.29, 1.82) is 0 Å². The molecule has 0 radical (unpaired) electrons. The Bertz CT molecular complexity index is 1160. The quantitative estimate of drug-likeness (QED) is 0.587. The van der Waals surface area contributed by atoms with Crippen molar-refractivity contribution in [2.75, 3.05) is 9.96 Å². The number of amides is 2. The average molecular weight is 412 g/mol. The molecule has 5 rings (SSSR count). The van der Waals surface area contributed by atoms with E-state index in [4.69, 9.17) is 4.84 Å². The summed E-state index contributed by atoms with van der Waals surface area (Å²) >= 11 is 0. The molecule has 2 heterocycles. The molecule has 31 heavy (non-hydrogen) atoms. The molecule has 0 unspecified atom stereocenters. The van der Waals surface area contributed by atoms with E-state index in [0.717, 1.165) is 27.9 Å². The Balaban J connectivity index is 1.58. The fourth-order valence-corrected chi connectivity index (χ4v) is 4.43. The number of aryl methyl sites for hydroxylation is 3. The molecule has 0 N–H and O–H groups in total. The number of rotatable bonds is 3. The van der Waals surface area contributed by atoms with E-state index in [1.807, 2.05) is 93.6 Å². The molecule has 0 aliphatic carbocycles. The molecule has 2 aliphatic heterocycles. The lowest BCUT2D eigenvalue weighted by molar-refractivity contribution is -0.126. The topological polar surface area (TPSA) is 49.9 Å². The van der Waals surface area contributed by atoms with Gasteiger partial charge in [0.15, 0.2) is 6.10 Å². The Labute approximate surface area is 181 Å². The summed E-state index contributed by atoms with van der Waals surface area (Å²) in [5, 5.41) is 1.73. The van der Waals surface area contributed by atoms with Gasteiger partial charge in [0.05, 0.1) is 17.4 Å². The second-order valence-electron chi connectivity index (χ2n) is 8.35. The first-order valence-corrected chi connectivity index (χ1v) is 10.5. The SMILES string of the molecule is Cc1ccc([C@H]2[C@@H]3C(=O)N(c4ccc(C)c(C)c4)C(=O)[C@@H]3ON2c2ccccc2)cc1. The molecule has 156 valence electrons. The summed E-state index contributed by atoms with van der Waals surface area (Å²) in [6, 6.07) is 23.0. The summed E-state index contributed by atoms with van der Waals surface area (Å²) in [7, 11) is 0. The molecule has 2 amide bonds. The summed E-state index contributed by atoms with van der Waals surface area (Å²) in [6.07, 6.45) is -0.847. The van der Waals surface area contributed by atoms with Gasteiger partial charge in [0.25, 0.3) is 5.91 Å². The van der Waals surface area contributed by atoms with Gasteiger partial charge in [-0.25, -0.2) is 9.96 Å². The highest BCUT2D eigenvalue weighted by atomic mass is 16.7. The number of para-hydroxylation sites is 1. The van der Waals surface area contributed by atoms with Crippen LogP contribution in [0.5, 0.6) is 0 Å². The van der Waals surface area contributed by atoms with Gasteiger partial charge in [-0.15, -0.1) is 0 Å². The van der Waals surface area contributed by atoms with Crippen molar-refractivity contribution < 1.29 is 14.4 Å². The first-order valence-electron chi connectivity index (χ1n) is 10.5. The van der Waals surface area contributed by atoms with Crippen LogP contribution in [0, 0.1) is 26.7 Å². The third-order valence-corrected chi connectivity index (χ3v) is 6.29. The number of hydrogen-bond acceptors (Lipinski definition) is 4. The van der Waals surface area contributed by atoms with E-state index in [0.29, 0.717) is 5.69 Å². The van der Waals surface area contributed by atoms with E-state index in [2.05, 4.69) is 0 Å². The number of nitrogens with zero attached hydrogens (tertiary/aromatic N) is 2. The van der Waals surface area contributed by atoms with Crippen molar-refractivity contribution in [2.45, 2.75) is 32.9 Å². The monoisotopic (exact) mass is 412 g/mol. The first kappa shape index (κ1) is 19.5. The summed E-state index contributed by atoms with van der Waals surface area (Å²) in [5.41, 5.74) is 5.66. The largest absolute Gasteiger partial charge is 0.273 e. The molecule has 5 heteroatoms. The highest BCUT2D eigenvalue weighted by molar-refractivity contribution is 6.24. The van der Waals surface area contributed by atoms with Crippen molar-refractivity contribution in [3.63, 3.8) is 0 Å². The summed E-state index contributed by atoms with van der Waals surface area (Å²) in [4.78, 5) is 34.5. The van der Waals surface area contributed by atoms with E-state index < -0.39 is 12.0 Å². The Hall–Kier alpha value is -3.44. The highest BCUT2D eigenvalue weighted by Crippen LogP contribution is 2.47.